The summed E-state index contributed by atoms with van der Waals surface area (Å²) >= 11 is 1.51. The number of carbonyl (C=O) groups is 1. The molecule has 1 heterocycles. The van der Waals surface area contributed by atoms with E-state index in [0.717, 1.165) is 10.6 Å². The number of hydrogen-bond acceptors (Lipinski definition) is 3. The highest BCUT2D eigenvalue weighted by atomic mass is 32.2. The van der Waals surface area contributed by atoms with E-state index in [2.05, 4.69) is 10.4 Å². The zero-order valence-corrected chi connectivity index (χ0v) is 14.6. The van der Waals surface area contributed by atoms with Crippen LogP contribution in [0.15, 0.2) is 76.4 Å². The molecule has 3 rings (SSSR count). The van der Waals surface area contributed by atoms with Gasteiger partial charge in [0.15, 0.2) is 0 Å². The molecule has 0 spiro atoms. The summed E-state index contributed by atoms with van der Waals surface area (Å²) < 4.78 is 1.40. The van der Waals surface area contributed by atoms with Crippen LogP contribution in [0.1, 0.15) is 13.3 Å². The number of thioether (sulfide) groups is 1. The van der Waals surface area contributed by atoms with Gasteiger partial charge in [0.05, 0.1) is 10.9 Å². The maximum atomic E-state index is 12.5. The molecule has 0 saturated carbocycles. The first-order valence-corrected chi connectivity index (χ1v) is 8.95. The number of nitrogens with one attached hydrogen (secondary N) is 2. The number of rotatable bonds is 6. The molecule has 0 saturated heterocycles. The van der Waals surface area contributed by atoms with Crippen molar-refractivity contribution in [3.05, 3.63) is 77.1 Å². The van der Waals surface area contributed by atoms with Crippen LogP contribution in [0.2, 0.25) is 0 Å². The van der Waals surface area contributed by atoms with Gasteiger partial charge in [-0.2, -0.15) is 0 Å². The lowest BCUT2D eigenvalue weighted by Crippen LogP contribution is -2.24. The Morgan fingerprint density at radius 2 is 1.76 bits per heavy atom. The van der Waals surface area contributed by atoms with Gasteiger partial charge in [0.25, 0.3) is 5.56 Å². The Balaban J connectivity index is 1.73. The van der Waals surface area contributed by atoms with Crippen LogP contribution in [0, 0.1) is 0 Å². The second-order valence-electron chi connectivity index (χ2n) is 5.50. The molecule has 5 nitrogen and oxygen atoms in total. The Bertz CT molecular complexity index is 888. The van der Waals surface area contributed by atoms with Crippen molar-refractivity contribution in [1.29, 1.82) is 0 Å². The van der Waals surface area contributed by atoms with E-state index in [1.54, 1.807) is 0 Å². The largest absolute Gasteiger partial charge is 0.310 e. The Morgan fingerprint density at radius 1 is 1.12 bits per heavy atom. The van der Waals surface area contributed by atoms with Gasteiger partial charge in [-0.05, 0) is 30.7 Å². The van der Waals surface area contributed by atoms with Gasteiger partial charge < -0.3 is 5.32 Å². The molecule has 0 aliphatic rings. The molecule has 1 atom stereocenters. The fourth-order valence-electron chi connectivity index (χ4n) is 2.43. The first-order valence-electron chi connectivity index (χ1n) is 8.07. The Morgan fingerprint density at radius 3 is 2.40 bits per heavy atom. The normalized spacial score (nSPS) is 11.9. The van der Waals surface area contributed by atoms with Crippen molar-refractivity contribution in [3.8, 4) is 5.69 Å². The number of anilines is 1. The van der Waals surface area contributed by atoms with E-state index < -0.39 is 0 Å². The van der Waals surface area contributed by atoms with Gasteiger partial charge in [0.1, 0.15) is 5.82 Å². The quantitative estimate of drug-likeness (QED) is 0.665. The van der Waals surface area contributed by atoms with E-state index >= 15 is 0 Å². The third-order valence-corrected chi connectivity index (χ3v) is 5.05. The molecule has 0 aliphatic carbocycles. The molecule has 1 unspecified atom stereocenters. The van der Waals surface area contributed by atoms with Crippen LogP contribution < -0.4 is 10.9 Å². The average Bonchev–Trinajstić information content (AvgIpc) is 3.01. The number of amides is 1. The lowest BCUT2D eigenvalue weighted by molar-refractivity contribution is -0.115. The van der Waals surface area contributed by atoms with E-state index in [9.17, 15) is 9.59 Å². The summed E-state index contributed by atoms with van der Waals surface area (Å²) in [6, 6.07) is 20.4. The standard InChI is InChI=1S/C19H19N3O2S/c1-2-16(25-15-11-7-4-8-12-15)19(24)20-17-13-18(23)22(21-17)14-9-5-3-6-10-14/h3-13,16,21H,2H2,1H3,(H,20,24). The third kappa shape index (κ3) is 4.22. The SMILES string of the molecule is CCC(Sc1ccccc1)C(=O)Nc1cc(=O)n(-c2ccccc2)[nH]1. The molecule has 25 heavy (non-hydrogen) atoms. The van der Waals surface area contributed by atoms with Gasteiger partial charge in [0.2, 0.25) is 5.91 Å². The molecule has 2 aromatic carbocycles. The number of aromatic nitrogens is 2. The zero-order valence-electron chi connectivity index (χ0n) is 13.8. The highest BCUT2D eigenvalue weighted by Gasteiger charge is 2.19. The van der Waals surface area contributed by atoms with Crippen molar-refractivity contribution in [3.63, 3.8) is 0 Å². The molecule has 3 aromatic rings. The molecule has 0 aliphatic heterocycles. The van der Waals surface area contributed by atoms with Gasteiger partial charge in [-0.1, -0.05) is 43.3 Å². The summed E-state index contributed by atoms with van der Waals surface area (Å²) in [5, 5.41) is 5.51. The molecule has 1 aromatic heterocycles. The zero-order chi connectivity index (χ0) is 17.6. The summed E-state index contributed by atoms with van der Waals surface area (Å²) in [5.41, 5.74) is 0.504. The number of carbonyl (C=O) groups excluding carboxylic acids is 1. The van der Waals surface area contributed by atoms with Crippen molar-refractivity contribution in [2.24, 2.45) is 0 Å². The van der Waals surface area contributed by atoms with Crippen LogP contribution in [0.4, 0.5) is 5.82 Å². The molecule has 128 valence electrons. The maximum absolute atomic E-state index is 12.5. The smallest absolute Gasteiger partial charge is 0.273 e. The summed E-state index contributed by atoms with van der Waals surface area (Å²) in [5.74, 6) is 0.267. The van der Waals surface area contributed by atoms with Crippen molar-refractivity contribution in [2.45, 2.75) is 23.5 Å². The fourth-order valence-corrected chi connectivity index (χ4v) is 3.40. The Labute approximate surface area is 150 Å². The minimum Gasteiger partial charge on any atom is -0.310 e. The highest BCUT2D eigenvalue weighted by molar-refractivity contribution is 8.00. The Hall–Kier alpha value is -2.73. The fraction of sp³-hybridized carbons (Fsp3) is 0.158. The van der Waals surface area contributed by atoms with E-state index in [0.29, 0.717) is 12.2 Å². The van der Waals surface area contributed by atoms with Crippen LogP contribution in [0.5, 0.6) is 0 Å². The summed E-state index contributed by atoms with van der Waals surface area (Å²) in [6.07, 6.45) is 0.690. The molecule has 0 fully saturated rings. The predicted octanol–water partition coefficient (Wildman–Crippen LogP) is 3.68. The summed E-state index contributed by atoms with van der Waals surface area (Å²) in [6.45, 7) is 1.97. The topological polar surface area (TPSA) is 66.9 Å². The number of aromatic amines is 1. The Kier molecular flexibility index (Phi) is 5.40. The lowest BCUT2D eigenvalue weighted by Gasteiger charge is -2.13. The van der Waals surface area contributed by atoms with Gasteiger partial charge in [0, 0.05) is 11.0 Å². The second kappa shape index (κ2) is 7.90. The van der Waals surface area contributed by atoms with Crippen LogP contribution in [-0.4, -0.2) is 20.9 Å². The molecular weight excluding hydrogens is 334 g/mol. The van der Waals surface area contributed by atoms with Crippen LogP contribution in [-0.2, 0) is 4.79 Å². The molecule has 0 radical (unpaired) electrons. The molecule has 0 bridgehead atoms. The number of benzene rings is 2. The van der Waals surface area contributed by atoms with Crippen molar-refractivity contribution < 1.29 is 4.79 Å². The van der Waals surface area contributed by atoms with Crippen LogP contribution in [0.3, 0.4) is 0 Å². The van der Waals surface area contributed by atoms with Crippen molar-refractivity contribution in [1.82, 2.24) is 9.78 Å². The number of H-pyrrole nitrogens is 1. The van der Waals surface area contributed by atoms with Gasteiger partial charge in [-0.15, -0.1) is 11.8 Å². The van der Waals surface area contributed by atoms with E-state index in [1.165, 1.54) is 22.5 Å². The predicted molar refractivity (Wildman–Crippen MR) is 101 cm³/mol. The number of nitrogens with zero attached hydrogens (tertiary/aromatic N) is 1. The van der Waals surface area contributed by atoms with Crippen molar-refractivity contribution >= 4 is 23.5 Å². The lowest BCUT2D eigenvalue weighted by atomic mass is 10.3. The number of para-hydroxylation sites is 1. The maximum Gasteiger partial charge on any atom is 0.273 e. The van der Waals surface area contributed by atoms with Crippen molar-refractivity contribution in [2.75, 3.05) is 5.32 Å². The molecule has 6 heteroatoms. The van der Waals surface area contributed by atoms with Gasteiger partial charge in [-0.25, -0.2) is 4.68 Å². The first-order chi connectivity index (χ1) is 12.2. The minimum atomic E-state index is -0.231. The number of hydrogen-bond donors (Lipinski definition) is 2. The third-order valence-electron chi connectivity index (χ3n) is 3.68. The first kappa shape index (κ1) is 17.1. The monoisotopic (exact) mass is 353 g/mol. The van der Waals surface area contributed by atoms with E-state index in [1.807, 2.05) is 67.6 Å². The molecule has 1 amide bonds. The van der Waals surface area contributed by atoms with Crippen LogP contribution >= 0.6 is 11.8 Å². The molecule has 2 N–H and O–H groups in total. The summed E-state index contributed by atoms with van der Waals surface area (Å²) in [7, 11) is 0. The van der Waals surface area contributed by atoms with Crippen LogP contribution in [0.25, 0.3) is 5.69 Å². The minimum absolute atomic E-state index is 0.127. The van der Waals surface area contributed by atoms with Gasteiger partial charge in [-0.3, -0.25) is 14.7 Å². The van der Waals surface area contributed by atoms with E-state index in [-0.39, 0.29) is 16.7 Å². The highest BCUT2D eigenvalue weighted by Crippen LogP contribution is 2.25. The summed E-state index contributed by atoms with van der Waals surface area (Å²) in [4.78, 5) is 25.7. The second-order valence-corrected chi connectivity index (χ2v) is 6.77. The average molecular weight is 353 g/mol. The van der Waals surface area contributed by atoms with E-state index in [4.69, 9.17) is 0 Å². The van der Waals surface area contributed by atoms with Gasteiger partial charge >= 0.3 is 0 Å². The molecular formula is C19H19N3O2S.